The highest BCUT2D eigenvalue weighted by Crippen LogP contribution is 2.29. The Bertz CT molecular complexity index is 1110. The first-order valence-electron chi connectivity index (χ1n) is 10.7. The van der Waals surface area contributed by atoms with E-state index in [-0.39, 0.29) is 17.8 Å². The summed E-state index contributed by atoms with van der Waals surface area (Å²) in [6.07, 6.45) is 5.40. The molecule has 31 heavy (non-hydrogen) atoms. The van der Waals surface area contributed by atoms with Gasteiger partial charge in [-0.3, -0.25) is 9.48 Å². The lowest BCUT2D eigenvalue weighted by atomic mass is 10.1. The topological polar surface area (TPSA) is 38.1 Å². The number of carbonyl (C=O) groups excluding carboxylic acids is 1. The quantitative estimate of drug-likeness (QED) is 0.496. The number of hydrogen-bond acceptors (Lipinski definition) is 2. The number of nitrogens with zero attached hydrogens (tertiary/aromatic N) is 3. The third kappa shape index (κ3) is 4.93. The first-order valence-corrected chi connectivity index (χ1v) is 10.7. The van der Waals surface area contributed by atoms with Gasteiger partial charge in [0.1, 0.15) is 5.82 Å². The zero-order chi connectivity index (χ0) is 22.0. The molecule has 4 nitrogen and oxygen atoms in total. The molecule has 160 valence electrons. The fourth-order valence-corrected chi connectivity index (χ4v) is 3.81. The molecule has 1 heterocycles. The van der Waals surface area contributed by atoms with Crippen LogP contribution >= 0.6 is 0 Å². The lowest BCUT2D eigenvalue weighted by Gasteiger charge is -2.21. The lowest BCUT2D eigenvalue weighted by Crippen LogP contribution is -2.31. The summed E-state index contributed by atoms with van der Waals surface area (Å²) in [5, 5.41) is 4.67. The molecule has 3 aromatic rings. The van der Waals surface area contributed by atoms with Gasteiger partial charge in [0.15, 0.2) is 0 Å². The van der Waals surface area contributed by atoms with Crippen LogP contribution in [0.15, 0.2) is 54.6 Å². The molecule has 0 aliphatic heterocycles. The molecule has 1 aliphatic carbocycles. The highest BCUT2D eigenvalue weighted by Gasteiger charge is 2.32. The third-order valence-corrected chi connectivity index (χ3v) is 5.85. The lowest BCUT2D eigenvalue weighted by molar-refractivity contribution is -0.127. The van der Waals surface area contributed by atoms with Gasteiger partial charge in [-0.2, -0.15) is 5.10 Å². The van der Waals surface area contributed by atoms with Crippen molar-refractivity contribution in [2.45, 2.75) is 52.7 Å². The fourth-order valence-electron chi connectivity index (χ4n) is 3.81. The maximum atomic E-state index is 14.1. The van der Waals surface area contributed by atoms with Crippen molar-refractivity contribution in [1.29, 1.82) is 0 Å². The van der Waals surface area contributed by atoms with Crippen molar-refractivity contribution in [3.05, 3.63) is 94.1 Å². The summed E-state index contributed by atoms with van der Waals surface area (Å²) in [6, 6.07) is 15.3. The monoisotopic (exact) mass is 417 g/mol. The minimum Gasteiger partial charge on any atom is -0.332 e. The number of amides is 1. The van der Waals surface area contributed by atoms with Crippen LogP contribution in [0.25, 0.3) is 6.08 Å². The zero-order valence-corrected chi connectivity index (χ0v) is 18.3. The summed E-state index contributed by atoms with van der Waals surface area (Å²) in [7, 11) is 0. The van der Waals surface area contributed by atoms with E-state index in [0.29, 0.717) is 18.7 Å². The number of benzene rings is 2. The Labute approximate surface area is 183 Å². The highest BCUT2D eigenvalue weighted by atomic mass is 19.1. The van der Waals surface area contributed by atoms with Crippen molar-refractivity contribution < 1.29 is 9.18 Å². The molecule has 0 N–H and O–H groups in total. The molecule has 0 radical (unpaired) electrons. The normalized spacial score (nSPS) is 13.7. The maximum absolute atomic E-state index is 14.1. The van der Waals surface area contributed by atoms with Crippen LogP contribution in [0.3, 0.4) is 0 Å². The predicted molar refractivity (Wildman–Crippen MR) is 121 cm³/mol. The Hall–Kier alpha value is -3.21. The van der Waals surface area contributed by atoms with E-state index < -0.39 is 0 Å². The summed E-state index contributed by atoms with van der Waals surface area (Å²) < 4.78 is 16.1. The summed E-state index contributed by atoms with van der Waals surface area (Å²) >= 11 is 0. The van der Waals surface area contributed by atoms with E-state index >= 15 is 0 Å². The summed E-state index contributed by atoms with van der Waals surface area (Å²) in [4.78, 5) is 14.7. The molecule has 0 saturated heterocycles. The molecular formula is C26H28FN3O. The van der Waals surface area contributed by atoms with Crippen LogP contribution in [0.5, 0.6) is 0 Å². The summed E-state index contributed by atoms with van der Waals surface area (Å²) in [6.45, 7) is 7.04. The van der Waals surface area contributed by atoms with Crippen molar-refractivity contribution in [1.82, 2.24) is 14.7 Å². The standard InChI is InChI=1S/C26H28FN3O/c1-18-8-10-21(11-9-18)16-30-20(3)24(19(2)28-30)14-15-26(31)29(23-12-13-23)17-22-6-4-5-7-25(22)27/h4-11,14-15,23H,12-13,16-17H2,1-3H3/b15-14+. The fraction of sp³-hybridized carbons (Fsp3) is 0.308. The van der Waals surface area contributed by atoms with Crippen molar-refractivity contribution in [3.63, 3.8) is 0 Å². The van der Waals surface area contributed by atoms with Crippen molar-refractivity contribution in [2.75, 3.05) is 0 Å². The molecule has 4 rings (SSSR count). The van der Waals surface area contributed by atoms with Crippen molar-refractivity contribution in [3.8, 4) is 0 Å². The Morgan fingerprint density at radius 3 is 2.52 bits per heavy atom. The van der Waals surface area contributed by atoms with Crippen LogP contribution in [0.2, 0.25) is 0 Å². The van der Waals surface area contributed by atoms with Crippen molar-refractivity contribution in [2.24, 2.45) is 0 Å². The van der Waals surface area contributed by atoms with Gasteiger partial charge in [0, 0.05) is 35.5 Å². The Kier molecular flexibility index (Phi) is 6.03. The van der Waals surface area contributed by atoms with E-state index in [0.717, 1.165) is 29.8 Å². The molecule has 1 aromatic heterocycles. The predicted octanol–water partition coefficient (Wildman–Crippen LogP) is 5.20. The molecule has 1 aliphatic rings. The van der Waals surface area contributed by atoms with Gasteiger partial charge in [-0.1, -0.05) is 48.0 Å². The molecule has 0 unspecified atom stereocenters. The third-order valence-electron chi connectivity index (χ3n) is 5.85. The summed E-state index contributed by atoms with van der Waals surface area (Å²) in [5.74, 6) is -0.357. The van der Waals surface area contributed by atoms with Gasteiger partial charge >= 0.3 is 0 Å². The van der Waals surface area contributed by atoms with Crippen LogP contribution in [0, 0.1) is 26.6 Å². The molecule has 1 fully saturated rings. The zero-order valence-electron chi connectivity index (χ0n) is 18.3. The van der Waals surface area contributed by atoms with Gasteiger partial charge < -0.3 is 4.90 Å². The molecule has 5 heteroatoms. The first-order chi connectivity index (χ1) is 14.9. The van der Waals surface area contributed by atoms with E-state index in [4.69, 9.17) is 0 Å². The minimum absolute atomic E-state index is 0.0872. The number of halogens is 1. The average Bonchev–Trinajstić information content (AvgIpc) is 3.55. The molecule has 1 saturated carbocycles. The maximum Gasteiger partial charge on any atom is 0.247 e. The van der Waals surface area contributed by atoms with Crippen LogP contribution in [0.1, 0.15) is 46.5 Å². The van der Waals surface area contributed by atoms with E-state index in [1.165, 1.54) is 17.2 Å². The highest BCUT2D eigenvalue weighted by molar-refractivity contribution is 5.92. The minimum atomic E-state index is -0.269. The second kappa shape index (κ2) is 8.88. The SMILES string of the molecule is Cc1ccc(Cn2nc(C)c(/C=C/C(=O)N(Cc3ccccc3F)C3CC3)c2C)cc1. The second-order valence-corrected chi connectivity index (χ2v) is 8.35. The smallest absolute Gasteiger partial charge is 0.247 e. The largest absolute Gasteiger partial charge is 0.332 e. The van der Waals surface area contributed by atoms with Gasteiger partial charge in [-0.15, -0.1) is 0 Å². The first kappa shape index (κ1) is 21.0. The Morgan fingerprint density at radius 1 is 1.13 bits per heavy atom. The van der Waals surface area contributed by atoms with Crippen LogP contribution in [-0.4, -0.2) is 26.6 Å². The van der Waals surface area contributed by atoms with Crippen LogP contribution in [0.4, 0.5) is 4.39 Å². The second-order valence-electron chi connectivity index (χ2n) is 8.35. The number of rotatable bonds is 7. The Morgan fingerprint density at radius 2 is 1.84 bits per heavy atom. The Balaban J connectivity index is 1.50. The van der Waals surface area contributed by atoms with E-state index in [1.54, 1.807) is 29.2 Å². The van der Waals surface area contributed by atoms with Crippen LogP contribution < -0.4 is 0 Å². The van der Waals surface area contributed by atoms with Gasteiger partial charge in [0.05, 0.1) is 12.2 Å². The summed E-state index contributed by atoms with van der Waals surface area (Å²) in [5.41, 5.74) is 5.84. The van der Waals surface area contributed by atoms with E-state index in [9.17, 15) is 9.18 Å². The molecule has 0 bridgehead atoms. The molecule has 0 spiro atoms. The van der Waals surface area contributed by atoms with E-state index in [1.807, 2.05) is 24.6 Å². The van der Waals surface area contributed by atoms with Crippen molar-refractivity contribution >= 4 is 12.0 Å². The van der Waals surface area contributed by atoms with Crippen LogP contribution in [-0.2, 0) is 17.9 Å². The number of aromatic nitrogens is 2. The van der Waals surface area contributed by atoms with Gasteiger partial charge in [-0.25, -0.2) is 4.39 Å². The van der Waals surface area contributed by atoms with Gasteiger partial charge in [0.2, 0.25) is 5.91 Å². The molecule has 1 amide bonds. The number of aryl methyl sites for hydroxylation is 2. The van der Waals surface area contributed by atoms with E-state index in [2.05, 4.69) is 36.3 Å². The molecular weight excluding hydrogens is 389 g/mol. The molecule has 0 atom stereocenters. The van der Waals surface area contributed by atoms with Gasteiger partial charge in [-0.05, 0) is 51.3 Å². The van der Waals surface area contributed by atoms with Gasteiger partial charge in [0.25, 0.3) is 0 Å². The average molecular weight is 418 g/mol. The number of hydrogen-bond donors (Lipinski definition) is 0. The number of carbonyl (C=O) groups is 1. The molecule has 2 aromatic carbocycles.